The average molecular weight is 271 g/mol. The molecule has 3 rings (SSSR count). The number of fused-ring (bicyclic) bond motifs is 1. The van der Waals surface area contributed by atoms with Crippen molar-refractivity contribution < 1.29 is 4.79 Å². The first kappa shape index (κ1) is 13.2. The molecule has 20 heavy (non-hydrogen) atoms. The summed E-state index contributed by atoms with van der Waals surface area (Å²) in [6.45, 7) is 0. The molecule has 3 N–H and O–H groups in total. The van der Waals surface area contributed by atoms with Crippen molar-refractivity contribution in [3.8, 4) is 0 Å². The largest absolute Gasteiger partial charge is 0.361 e. The molecule has 0 radical (unpaired) electrons. The van der Waals surface area contributed by atoms with Gasteiger partial charge in [-0.3, -0.25) is 4.79 Å². The SMILES string of the molecule is CN(C(=O)[C@@H](N)Cc1c[nH]c2ccccc12)C1CCC1. The molecule has 1 aromatic carbocycles. The number of nitrogens with one attached hydrogen (secondary N) is 1. The molecule has 0 aliphatic heterocycles. The highest BCUT2D eigenvalue weighted by Gasteiger charge is 2.28. The van der Waals surface area contributed by atoms with E-state index in [1.807, 2.05) is 36.3 Å². The fraction of sp³-hybridized carbons (Fsp3) is 0.438. The highest BCUT2D eigenvalue weighted by Crippen LogP contribution is 2.24. The van der Waals surface area contributed by atoms with Crippen molar-refractivity contribution in [2.75, 3.05) is 7.05 Å². The van der Waals surface area contributed by atoms with Gasteiger partial charge in [0, 0.05) is 30.2 Å². The van der Waals surface area contributed by atoms with Crippen LogP contribution in [0.25, 0.3) is 10.9 Å². The number of carbonyl (C=O) groups is 1. The summed E-state index contributed by atoms with van der Waals surface area (Å²) in [4.78, 5) is 17.4. The second kappa shape index (κ2) is 5.29. The standard InChI is InChI=1S/C16H21N3O/c1-19(12-5-4-6-12)16(20)14(17)9-11-10-18-15-8-3-2-7-13(11)15/h2-3,7-8,10,12,14,18H,4-6,9,17H2,1H3/t14-/m0/s1. The molecule has 1 amide bonds. The summed E-state index contributed by atoms with van der Waals surface area (Å²) >= 11 is 0. The van der Waals surface area contributed by atoms with Crippen LogP contribution in [0.5, 0.6) is 0 Å². The lowest BCUT2D eigenvalue weighted by Crippen LogP contribution is -2.49. The smallest absolute Gasteiger partial charge is 0.239 e. The molecule has 2 aromatic rings. The van der Waals surface area contributed by atoms with Crippen LogP contribution < -0.4 is 5.73 Å². The second-order valence-corrected chi connectivity index (χ2v) is 5.70. The van der Waals surface area contributed by atoms with E-state index in [1.54, 1.807) is 0 Å². The van der Waals surface area contributed by atoms with Gasteiger partial charge in [0.25, 0.3) is 0 Å². The van der Waals surface area contributed by atoms with Gasteiger partial charge >= 0.3 is 0 Å². The fourth-order valence-corrected chi connectivity index (χ4v) is 2.84. The molecule has 1 aliphatic rings. The van der Waals surface area contributed by atoms with Crippen LogP contribution in [0.3, 0.4) is 0 Å². The summed E-state index contributed by atoms with van der Waals surface area (Å²) in [6, 6.07) is 8.04. The van der Waals surface area contributed by atoms with E-state index in [0.717, 1.165) is 29.3 Å². The van der Waals surface area contributed by atoms with Crippen LogP contribution in [-0.2, 0) is 11.2 Å². The number of hydrogen-bond donors (Lipinski definition) is 2. The molecule has 1 atom stereocenters. The van der Waals surface area contributed by atoms with Crippen molar-refractivity contribution in [3.05, 3.63) is 36.0 Å². The molecule has 1 heterocycles. The molecular formula is C16H21N3O. The monoisotopic (exact) mass is 271 g/mol. The first-order valence-electron chi connectivity index (χ1n) is 7.24. The normalized spacial score (nSPS) is 16.9. The van der Waals surface area contributed by atoms with Crippen molar-refractivity contribution >= 4 is 16.8 Å². The van der Waals surface area contributed by atoms with Gasteiger partial charge in [-0.15, -0.1) is 0 Å². The highest BCUT2D eigenvalue weighted by molar-refractivity contribution is 5.86. The number of rotatable bonds is 4. The summed E-state index contributed by atoms with van der Waals surface area (Å²) in [5.74, 6) is 0.0555. The molecule has 1 aliphatic carbocycles. The van der Waals surface area contributed by atoms with Crippen LogP contribution >= 0.6 is 0 Å². The Kier molecular flexibility index (Phi) is 3.49. The summed E-state index contributed by atoms with van der Waals surface area (Å²) in [5, 5.41) is 1.15. The number of aromatic amines is 1. The number of carbonyl (C=O) groups excluding carboxylic acids is 1. The van der Waals surface area contributed by atoms with Crippen molar-refractivity contribution in [2.45, 2.75) is 37.8 Å². The number of nitrogens with two attached hydrogens (primary N) is 1. The Balaban J connectivity index is 1.71. The third-order valence-electron chi connectivity index (χ3n) is 4.40. The number of hydrogen-bond acceptors (Lipinski definition) is 2. The highest BCUT2D eigenvalue weighted by atomic mass is 16.2. The number of para-hydroxylation sites is 1. The number of amides is 1. The summed E-state index contributed by atoms with van der Waals surface area (Å²) in [6.07, 6.45) is 5.99. The van der Waals surface area contributed by atoms with Crippen LogP contribution in [0.15, 0.2) is 30.5 Å². The van der Waals surface area contributed by atoms with E-state index >= 15 is 0 Å². The number of benzene rings is 1. The Hall–Kier alpha value is -1.81. The third-order valence-corrected chi connectivity index (χ3v) is 4.40. The van der Waals surface area contributed by atoms with E-state index in [4.69, 9.17) is 5.73 Å². The number of aromatic nitrogens is 1. The molecule has 0 bridgehead atoms. The van der Waals surface area contributed by atoms with Crippen LogP contribution in [0.2, 0.25) is 0 Å². The molecule has 1 fully saturated rings. The Morgan fingerprint density at radius 3 is 2.90 bits per heavy atom. The maximum absolute atomic E-state index is 12.3. The zero-order chi connectivity index (χ0) is 14.1. The number of H-pyrrole nitrogens is 1. The molecule has 1 saturated carbocycles. The topological polar surface area (TPSA) is 62.1 Å². The lowest BCUT2D eigenvalue weighted by atomic mass is 9.91. The Labute approximate surface area is 118 Å². The first-order valence-corrected chi connectivity index (χ1v) is 7.24. The van der Waals surface area contributed by atoms with Crippen molar-refractivity contribution in [1.29, 1.82) is 0 Å². The summed E-state index contributed by atoms with van der Waals surface area (Å²) in [5.41, 5.74) is 8.32. The van der Waals surface area contributed by atoms with Crippen LogP contribution in [-0.4, -0.2) is 34.9 Å². The first-order chi connectivity index (χ1) is 9.66. The van der Waals surface area contributed by atoms with Gasteiger partial charge in [-0.25, -0.2) is 0 Å². The van der Waals surface area contributed by atoms with Gasteiger partial charge in [0.05, 0.1) is 6.04 Å². The molecule has 4 heteroatoms. The van der Waals surface area contributed by atoms with E-state index in [9.17, 15) is 4.79 Å². The van der Waals surface area contributed by atoms with Crippen molar-refractivity contribution in [3.63, 3.8) is 0 Å². The van der Waals surface area contributed by atoms with Crippen LogP contribution in [0.1, 0.15) is 24.8 Å². The number of likely N-dealkylation sites (N-methyl/N-ethyl adjacent to an activating group) is 1. The Morgan fingerprint density at radius 1 is 1.45 bits per heavy atom. The van der Waals surface area contributed by atoms with Crippen LogP contribution in [0, 0.1) is 0 Å². The van der Waals surface area contributed by atoms with Gasteiger partial charge in [-0.05, 0) is 37.3 Å². The molecule has 106 valence electrons. The Bertz CT molecular complexity index is 615. The average Bonchev–Trinajstić information content (AvgIpc) is 2.79. The third kappa shape index (κ3) is 2.31. The predicted molar refractivity (Wildman–Crippen MR) is 80.4 cm³/mol. The summed E-state index contributed by atoms with van der Waals surface area (Å²) in [7, 11) is 1.88. The molecule has 4 nitrogen and oxygen atoms in total. The minimum atomic E-state index is -0.459. The zero-order valence-corrected chi connectivity index (χ0v) is 11.8. The fourth-order valence-electron chi connectivity index (χ4n) is 2.84. The summed E-state index contributed by atoms with van der Waals surface area (Å²) < 4.78 is 0. The van der Waals surface area contributed by atoms with E-state index in [1.165, 1.54) is 6.42 Å². The lowest BCUT2D eigenvalue weighted by Gasteiger charge is -2.36. The van der Waals surface area contributed by atoms with Gasteiger partial charge in [0.2, 0.25) is 5.91 Å². The second-order valence-electron chi connectivity index (χ2n) is 5.70. The van der Waals surface area contributed by atoms with E-state index in [0.29, 0.717) is 12.5 Å². The molecule has 1 aromatic heterocycles. The van der Waals surface area contributed by atoms with Gasteiger partial charge in [-0.1, -0.05) is 18.2 Å². The van der Waals surface area contributed by atoms with Gasteiger partial charge in [0.1, 0.15) is 0 Å². The van der Waals surface area contributed by atoms with E-state index in [2.05, 4.69) is 11.1 Å². The Morgan fingerprint density at radius 2 is 2.20 bits per heavy atom. The van der Waals surface area contributed by atoms with Crippen LogP contribution in [0.4, 0.5) is 0 Å². The molecule has 0 spiro atoms. The molecule has 0 unspecified atom stereocenters. The van der Waals surface area contributed by atoms with E-state index < -0.39 is 6.04 Å². The number of nitrogens with zero attached hydrogens (tertiary/aromatic N) is 1. The minimum Gasteiger partial charge on any atom is -0.361 e. The maximum atomic E-state index is 12.3. The van der Waals surface area contributed by atoms with Gasteiger partial charge < -0.3 is 15.6 Å². The maximum Gasteiger partial charge on any atom is 0.239 e. The van der Waals surface area contributed by atoms with Crippen molar-refractivity contribution in [1.82, 2.24) is 9.88 Å². The van der Waals surface area contributed by atoms with E-state index in [-0.39, 0.29) is 5.91 Å². The lowest BCUT2D eigenvalue weighted by molar-refractivity contribution is -0.134. The quantitative estimate of drug-likeness (QED) is 0.894. The minimum absolute atomic E-state index is 0.0555. The molecular weight excluding hydrogens is 250 g/mol. The zero-order valence-electron chi connectivity index (χ0n) is 11.8. The molecule has 0 saturated heterocycles. The van der Waals surface area contributed by atoms with Gasteiger partial charge in [0.15, 0.2) is 0 Å². The van der Waals surface area contributed by atoms with Crippen molar-refractivity contribution in [2.24, 2.45) is 5.73 Å². The predicted octanol–water partition coefficient (Wildman–Crippen LogP) is 2.05. The van der Waals surface area contributed by atoms with Gasteiger partial charge in [-0.2, -0.15) is 0 Å².